The molecule has 0 aliphatic carbocycles. The van der Waals surface area contributed by atoms with Gasteiger partial charge in [-0.05, 0) is 59.4 Å². The summed E-state index contributed by atoms with van der Waals surface area (Å²) in [6.45, 7) is 6.03. The van der Waals surface area contributed by atoms with Gasteiger partial charge in [0.25, 0.3) is 0 Å². The Morgan fingerprint density at radius 1 is 1.37 bits per heavy atom. The number of halogens is 1. The summed E-state index contributed by atoms with van der Waals surface area (Å²) in [5.74, 6) is 0. The van der Waals surface area contributed by atoms with Gasteiger partial charge in [-0.3, -0.25) is 0 Å². The number of nitrogens with zero attached hydrogens (tertiary/aromatic N) is 1. The molecule has 1 heterocycles. The number of anilines is 1. The molecule has 19 heavy (non-hydrogen) atoms. The molecule has 106 valence electrons. The minimum Gasteiger partial charge on any atom is -0.393 e. The quantitative estimate of drug-likeness (QED) is 0.817. The van der Waals surface area contributed by atoms with Crippen LogP contribution in [0.4, 0.5) is 5.69 Å². The van der Waals surface area contributed by atoms with Crippen molar-refractivity contribution in [3.63, 3.8) is 0 Å². The predicted molar refractivity (Wildman–Crippen MR) is 83.6 cm³/mol. The van der Waals surface area contributed by atoms with Gasteiger partial charge >= 0.3 is 0 Å². The second-order valence-electron chi connectivity index (χ2n) is 5.18. The third-order valence-corrected chi connectivity index (χ3v) is 4.21. The summed E-state index contributed by atoms with van der Waals surface area (Å²) in [6, 6.07) is 6.57. The van der Waals surface area contributed by atoms with E-state index in [1.165, 1.54) is 11.3 Å². The van der Waals surface area contributed by atoms with E-state index in [4.69, 9.17) is 0 Å². The number of hydrogen-bond acceptors (Lipinski definition) is 3. The molecular weight excluding hydrogens is 304 g/mol. The topological polar surface area (TPSA) is 35.5 Å². The normalized spacial score (nSPS) is 16.9. The molecule has 1 aliphatic rings. The van der Waals surface area contributed by atoms with Gasteiger partial charge in [0, 0.05) is 24.1 Å². The lowest BCUT2D eigenvalue weighted by Gasteiger charge is -2.32. The summed E-state index contributed by atoms with van der Waals surface area (Å²) >= 11 is 3.67. The Labute approximate surface area is 124 Å². The molecule has 3 nitrogen and oxygen atoms in total. The molecule has 1 aromatic carbocycles. The van der Waals surface area contributed by atoms with Crippen molar-refractivity contribution in [3.8, 4) is 0 Å². The molecule has 1 aliphatic heterocycles. The van der Waals surface area contributed by atoms with E-state index in [0.717, 1.165) is 49.9 Å². The van der Waals surface area contributed by atoms with Crippen LogP contribution in [0.1, 0.15) is 31.7 Å². The zero-order chi connectivity index (χ0) is 13.7. The molecule has 0 bridgehead atoms. The Morgan fingerprint density at radius 2 is 2.11 bits per heavy atom. The molecule has 4 heteroatoms. The first-order valence-electron chi connectivity index (χ1n) is 7.13. The second-order valence-corrected chi connectivity index (χ2v) is 6.04. The minimum atomic E-state index is -0.118. The average Bonchev–Trinajstić information content (AvgIpc) is 2.41. The van der Waals surface area contributed by atoms with E-state index in [1.807, 2.05) is 0 Å². The van der Waals surface area contributed by atoms with Crippen LogP contribution in [-0.2, 0) is 6.54 Å². The van der Waals surface area contributed by atoms with Gasteiger partial charge in [0.15, 0.2) is 0 Å². The largest absolute Gasteiger partial charge is 0.393 e. The minimum absolute atomic E-state index is 0.118. The smallest absolute Gasteiger partial charge is 0.0574 e. The van der Waals surface area contributed by atoms with Gasteiger partial charge in [0.2, 0.25) is 0 Å². The van der Waals surface area contributed by atoms with Crippen LogP contribution >= 0.6 is 15.9 Å². The van der Waals surface area contributed by atoms with Gasteiger partial charge < -0.3 is 15.3 Å². The summed E-state index contributed by atoms with van der Waals surface area (Å²) < 4.78 is 1.15. The number of piperidine rings is 1. The standard InChI is InChI=1S/C15H23BrN2O/c1-2-7-17-11-12-3-4-15(14(16)10-12)18-8-5-13(19)6-9-18/h3-4,10,13,17,19H,2,5-9,11H2,1H3. The zero-order valence-electron chi connectivity index (χ0n) is 11.5. The first kappa shape index (κ1) is 14.8. The van der Waals surface area contributed by atoms with Gasteiger partial charge in [-0.2, -0.15) is 0 Å². The van der Waals surface area contributed by atoms with Crippen molar-refractivity contribution in [3.05, 3.63) is 28.2 Å². The molecule has 0 amide bonds. The zero-order valence-corrected chi connectivity index (χ0v) is 13.1. The Balaban J connectivity index is 1.98. The lowest BCUT2D eigenvalue weighted by atomic mass is 10.1. The SMILES string of the molecule is CCCNCc1ccc(N2CCC(O)CC2)c(Br)c1. The average molecular weight is 327 g/mol. The summed E-state index contributed by atoms with van der Waals surface area (Å²) in [6.07, 6.45) is 2.78. The van der Waals surface area contributed by atoms with Crippen molar-refractivity contribution >= 4 is 21.6 Å². The number of aliphatic hydroxyl groups is 1. The van der Waals surface area contributed by atoms with Crippen LogP contribution in [-0.4, -0.2) is 30.8 Å². The van der Waals surface area contributed by atoms with E-state index in [2.05, 4.69) is 51.3 Å². The molecule has 0 spiro atoms. The van der Waals surface area contributed by atoms with Gasteiger partial charge in [0.05, 0.1) is 11.8 Å². The maximum atomic E-state index is 9.56. The molecule has 1 aromatic rings. The Bertz CT molecular complexity index is 403. The van der Waals surface area contributed by atoms with Crippen molar-refractivity contribution in [1.82, 2.24) is 5.32 Å². The van der Waals surface area contributed by atoms with Crippen LogP contribution in [0.5, 0.6) is 0 Å². The van der Waals surface area contributed by atoms with Gasteiger partial charge in [-0.25, -0.2) is 0 Å². The highest BCUT2D eigenvalue weighted by Crippen LogP contribution is 2.29. The predicted octanol–water partition coefficient (Wildman–Crippen LogP) is 2.91. The monoisotopic (exact) mass is 326 g/mol. The van der Waals surface area contributed by atoms with Crippen LogP contribution in [0.15, 0.2) is 22.7 Å². The molecular formula is C15H23BrN2O. The summed E-state index contributed by atoms with van der Waals surface area (Å²) in [4.78, 5) is 2.35. The van der Waals surface area contributed by atoms with Gasteiger partial charge in [-0.1, -0.05) is 13.0 Å². The molecule has 0 aromatic heterocycles. The number of aliphatic hydroxyl groups excluding tert-OH is 1. The second kappa shape index (κ2) is 7.27. The highest BCUT2D eigenvalue weighted by Gasteiger charge is 2.18. The lowest BCUT2D eigenvalue weighted by molar-refractivity contribution is 0.145. The first-order chi connectivity index (χ1) is 9.20. The molecule has 2 N–H and O–H groups in total. The number of rotatable bonds is 5. The van der Waals surface area contributed by atoms with Crippen LogP contribution < -0.4 is 10.2 Å². The number of nitrogens with one attached hydrogen (secondary N) is 1. The summed E-state index contributed by atoms with van der Waals surface area (Å²) in [5.41, 5.74) is 2.55. The maximum absolute atomic E-state index is 9.56. The summed E-state index contributed by atoms with van der Waals surface area (Å²) in [7, 11) is 0. The molecule has 2 rings (SSSR count). The molecule has 0 atom stereocenters. The highest BCUT2D eigenvalue weighted by molar-refractivity contribution is 9.10. The van der Waals surface area contributed by atoms with Crippen molar-refractivity contribution in [2.24, 2.45) is 0 Å². The molecule has 1 saturated heterocycles. The fraction of sp³-hybridized carbons (Fsp3) is 0.600. The van der Waals surface area contributed by atoms with Crippen molar-refractivity contribution in [2.75, 3.05) is 24.5 Å². The summed E-state index contributed by atoms with van der Waals surface area (Å²) in [5, 5.41) is 13.0. The van der Waals surface area contributed by atoms with Crippen LogP contribution in [0.2, 0.25) is 0 Å². The Morgan fingerprint density at radius 3 is 2.74 bits per heavy atom. The highest BCUT2D eigenvalue weighted by atomic mass is 79.9. The Hall–Kier alpha value is -0.580. The molecule has 1 fully saturated rings. The number of benzene rings is 1. The van der Waals surface area contributed by atoms with E-state index in [-0.39, 0.29) is 6.10 Å². The van der Waals surface area contributed by atoms with Crippen molar-refractivity contribution in [1.29, 1.82) is 0 Å². The third-order valence-electron chi connectivity index (χ3n) is 3.57. The molecule has 0 unspecified atom stereocenters. The third kappa shape index (κ3) is 4.20. The van der Waals surface area contributed by atoms with Crippen molar-refractivity contribution in [2.45, 2.75) is 38.8 Å². The van der Waals surface area contributed by atoms with Crippen LogP contribution in [0.3, 0.4) is 0 Å². The maximum Gasteiger partial charge on any atom is 0.0574 e. The lowest BCUT2D eigenvalue weighted by Crippen LogP contribution is -2.36. The van der Waals surface area contributed by atoms with Gasteiger partial charge in [-0.15, -0.1) is 0 Å². The fourth-order valence-electron chi connectivity index (χ4n) is 2.43. The molecule has 0 radical (unpaired) electrons. The molecule has 0 saturated carbocycles. The van der Waals surface area contributed by atoms with E-state index in [1.54, 1.807) is 0 Å². The van der Waals surface area contributed by atoms with Crippen molar-refractivity contribution < 1.29 is 5.11 Å². The first-order valence-corrected chi connectivity index (χ1v) is 7.92. The van der Waals surface area contributed by atoms with E-state index in [0.29, 0.717) is 0 Å². The van der Waals surface area contributed by atoms with Crippen LogP contribution in [0.25, 0.3) is 0 Å². The van der Waals surface area contributed by atoms with E-state index < -0.39 is 0 Å². The van der Waals surface area contributed by atoms with E-state index >= 15 is 0 Å². The van der Waals surface area contributed by atoms with E-state index in [9.17, 15) is 5.11 Å². The van der Waals surface area contributed by atoms with Gasteiger partial charge in [0.1, 0.15) is 0 Å². The van der Waals surface area contributed by atoms with Crippen LogP contribution in [0, 0.1) is 0 Å². The Kier molecular flexibility index (Phi) is 5.67. The fourth-order valence-corrected chi connectivity index (χ4v) is 3.11. The number of hydrogen-bond donors (Lipinski definition) is 2.